The topological polar surface area (TPSA) is 60.8 Å². The molecule has 120 valence electrons. The first-order valence-electron chi connectivity index (χ1n) is 6.74. The van der Waals surface area contributed by atoms with Crippen molar-refractivity contribution in [2.75, 3.05) is 4.90 Å². The van der Waals surface area contributed by atoms with Crippen LogP contribution in [-0.2, 0) is 16.9 Å². The van der Waals surface area contributed by atoms with E-state index in [-0.39, 0.29) is 12.2 Å². The second-order valence-electron chi connectivity index (χ2n) is 5.26. The zero-order chi connectivity index (χ0) is 16.8. The standard InChI is InChI=1S/C16H12F3NO3/c17-16(18,19)15(23)13-11(7-4-8-12(13)21)20(14(15)22)9-10-5-2-1-3-6-10/h1-8,21,23H,9H2. The van der Waals surface area contributed by atoms with Crippen LogP contribution in [0.2, 0.25) is 0 Å². The summed E-state index contributed by atoms with van der Waals surface area (Å²) in [6.45, 7) is -0.144. The number of hydrogen-bond acceptors (Lipinski definition) is 3. The maximum Gasteiger partial charge on any atom is 0.430 e. The van der Waals surface area contributed by atoms with E-state index in [2.05, 4.69) is 0 Å². The molecule has 1 amide bonds. The van der Waals surface area contributed by atoms with E-state index >= 15 is 0 Å². The molecule has 0 bridgehead atoms. The van der Waals surface area contributed by atoms with Crippen LogP contribution in [0.15, 0.2) is 48.5 Å². The molecule has 1 atom stereocenters. The maximum atomic E-state index is 13.4. The molecule has 1 unspecified atom stereocenters. The fourth-order valence-corrected chi connectivity index (χ4v) is 2.72. The first kappa shape index (κ1) is 15.4. The van der Waals surface area contributed by atoms with Crippen LogP contribution in [0.4, 0.5) is 18.9 Å². The number of aliphatic hydroxyl groups is 1. The minimum absolute atomic E-state index is 0.144. The van der Waals surface area contributed by atoms with E-state index in [1.165, 1.54) is 12.1 Å². The SMILES string of the molecule is O=C1N(Cc2ccccc2)c2cccc(O)c2C1(O)C(F)(F)F. The Labute approximate surface area is 129 Å². The number of hydrogen-bond donors (Lipinski definition) is 2. The Hall–Kier alpha value is -2.54. The predicted molar refractivity (Wildman–Crippen MR) is 75.7 cm³/mol. The molecule has 1 heterocycles. The van der Waals surface area contributed by atoms with Crippen molar-refractivity contribution in [3.8, 4) is 5.75 Å². The van der Waals surface area contributed by atoms with Gasteiger partial charge in [-0.1, -0.05) is 36.4 Å². The highest BCUT2D eigenvalue weighted by Gasteiger charge is 2.67. The van der Waals surface area contributed by atoms with Gasteiger partial charge in [-0.05, 0) is 17.7 Å². The van der Waals surface area contributed by atoms with E-state index in [1.807, 2.05) is 0 Å². The molecule has 2 aromatic rings. The number of phenols is 1. The summed E-state index contributed by atoms with van der Waals surface area (Å²) in [6.07, 6.45) is -5.25. The van der Waals surface area contributed by atoms with Crippen molar-refractivity contribution in [2.24, 2.45) is 0 Å². The van der Waals surface area contributed by atoms with Crippen LogP contribution in [-0.4, -0.2) is 22.3 Å². The number of nitrogens with zero attached hydrogens (tertiary/aromatic N) is 1. The molecular formula is C16H12F3NO3. The third-order valence-electron chi connectivity index (χ3n) is 3.82. The van der Waals surface area contributed by atoms with E-state index < -0.39 is 29.0 Å². The van der Waals surface area contributed by atoms with Gasteiger partial charge in [0, 0.05) is 0 Å². The van der Waals surface area contributed by atoms with Crippen molar-refractivity contribution >= 4 is 11.6 Å². The summed E-state index contributed by atoms with van der Waals surface area (Å²) in [5, 5.41) is 19.9. The van der Waals surface area contributed by atoms with Crippen molar-refractivity contribution in [3.05, 3.63) is 59.7 Å². The third kappa shape index (κ3) is 2.16. The molecule has 0 aromatic heterocycles. The summed E-state index contributed by atoms with van der Waals surface area (Å²) in [7, 11) is 0. The molecule has 1 aliphatic heterocycles. The molecular weight excluding hydrogens is 311 g/mol. The molecule has 0 spiro atoms. The second kappa shape index (κ2) is 4.99. The summed E-state index contributed by atoms with van der Waals surface area (Å²) in [6, 6.07) is 12.0. The molecule has 1 aliphatic rings. The fourth-order valence-electron chi connectivity index (χ4n) is 2.72. The minimum atomic E-state index is -5.25. The molecule has 4 nitrogen and oxygen atoms in total. The summed E-state index contributed by atoms with van der Waals surface area (Å²) in [5.41, 5.74) is -4.13. The van der Waals surface area contributed by atoms with Crippen LogP contribution in [0.1, 0.15) is 11.1 Å². The Balaban J connectivity index is 2.15. The van der Waals surface area contributed by atoms with Gasteiger partial charge in [-0.3, -0.25) is 4.79 Å². The minimum Gasteiger partial charge on any atom is -0.507 e. The number of carbonyl (C=O) groups is 1. The first-order chi connectivity index (χ1) is 10.8. The quantitative estimate of drug-likeness (QED) is 0.893. The van der Waals surface area contributed by atoms with Crippen LogP contribution >= 0.6 is 0 Å². The number of benzene rings is 2. The predicted octanol–water partition coefficient (Wildman–Crippen LogP) is 2.69. The van der Waals surface area contributed by atoms with Gasteiger partial charge in [0.25, 0.3) is 11.5 Å². The van der Waals surface area contributed by atoms with E-state index in [1.54, 1.807) is 30.3 Å². The average molecular weight is 323 g/mol. The van der Waals surface area contributed by atoms with Gasteiger partial charge in [-0.2, -0.15) is 13.2 Å². The number of alkyl halides is 3. The number of anilines is 1. The Morgan fingerprint density at radius 3 is 2.30 bits per heavy atom. The van der Waals surface area contributed by atoms with E-state index in [4.69, 9.17) is 0 Å². The molecule has 3 rings (SSSR count). The smallest absolute Gasteiger partial charge is 0.430 e. The lowest BCUT2D eigenvalue weighted by Gasteiger charge is -2.25. The highest BCUT2D eigenvalue weighted by atomic mass is 19.4. The molecule has 0 saturated carbocycles. The fraction of sp³-hybridized carbons (Fsp3) is 0.188. The lowest BCUT2D eigenvalue weighted by atomic mass is 9.94. The summed E-state index contributed by atoms with van der Waals surface area (Å²) in [4.78, 5) is 13.2. The second-order valence-corrected chi connectivity index (χ2v) is 5.26. The summed E-state index contributed by atoms with van der Waals surface area (Å²) in [5.74, 6) is -2.29. The summed E-state index contributed by atoms with van der Waals surface area (Å²) >= 11 is 0. The van der Waals surface area contributed by atoms with Crippen LogP contribution in [0.5, 0.6) is 5.75 Å². The number of carbonyl (C=O) groups excluding carboxylic acids is 1. The van der Waals surface area contributed by atoms with Gasteiger partial charge in [-0.15, -0.1) is 0 Å². The molecule has 0 aliphatic carbocycles. The Morgan fingerprint density at radius 1 is 1.04 bits per heavy atom. The van der Waals surface area contributed by atoms with Crippen LogP contribution in [0.3, 0.4) is 0 Å². The van der Waals surface area contributed by atoms with Crippen molar-refractivity contribution in [1.29, 1.82) is 0 Å². The molecule has 0 fully saturated rings. The molecule has 0 radical (unpaired) electrons. The highest BCUT2D eigenvalue weighted by molar-refractivity contribution is 6.08. The van der Waals surface area contributed by atoms with Crippen LogP contribution in [0.25, 0.3) is 0 Å². The number of halogens is 3. The van der Waals surface area contributed by atoms with Gasteiger partial charge in [-0.25, -0.2) is 0 Å². The Kier molecular flexibility index (Phi) is 3.33. The van der Waals surface area contributed by atoms with Gasteiger partial charge in [0.05, 0.1) is 17.8 Å². The highest BCUT2D eigenvalue weighted by Crippen LogP contribution is 2.52. The van der Waals surface area contributed by atoms with Crippen molar-refractivity contribution in [3.63, 3.8) is 0 Å². The van der Waals surface area contributed by atoms with E-state index in [0.717, 1.165) is 11.0 Å². The van der Waals surface area contributed by atoms with Crippen molar-refractivity contribution in [1.82, 2.24) is 0 Å². The first-order valence-corrected chi connectivity index (χ1v) is 6.74. The molecule has 23 heavy (non-hydrogen) atoms. The van der Waals surface area contributed by atoms with Gasteiger partial charge >= 0.3 is 6.18 Å². The van der Waals surface area contributed by atoms with Gasteiger partial charge in [0.1, 0.15) is 5.75 Å². The number of amides is 1. The van der Waals surface area contributed by atoms with E-state index in [0.29, 0.717) is 5.56 Å². The van der Waals surface area contributed by atoms with E-state index in [9.17, 15) is 28.2 Å². The number of phenolic OH excluding ortho intramolecular Hbond substituents is 1. The van der Waals surface area contributed by atoms with Crippen LogP contribution in [0, 0.1) is 0 Å². The number of aromatic hydroxyl groups is 1. The molecule has 2 aromatic carbocycles. The summed E-state index contributed by atoms with van der Waals surface area (Å²) < 4.78 is 40.1. The largest absolute Gasteiger partial charge is 0.507 e. The molecule has 7 heteroatoms. The number of fused-ring (bicyclic) bond motifs is 1. The molecule has 2 N–H and O–H groups in total. The van der Waals surface area contributed by atoms with Gasteiger partial charge in [0.2, 0.25) is 0 Å². The van der Waals surface area contributed by atoms with Gasteiger partial charge < -0.3 is 15.1 Å². The Morgan fingerprint density at radius 2 is 1.70 bits per heavy atom. The van der Waals surface area contributed by atoms with Crippen molar-refractivity contribution in [2.45, 2.75) is 18.3 Å². The monoisotopic (exact) mass is 323 g/mol. The third-order valence-corrected chi connectivity index (χ3v) is 3.82. The van der Waals surface area contributed by atoms with Gasteiger partial charge in [0.15, 0.2) is 0 Å². The zero-order valence-electron chi connectivity index (χ0n) is 11.7. The van der Waals surface area contributed by atoms with Crippen LogP contribution < -0.4 is 4.90 Å². The number of rotatable bonds is 2. The van der Waals surface area contributed by atoms with Crippen molar-refractivity contribution < 1.29 is 28.2 Å². The lowest BCUT2D eigenvalue weighted by molar-refractivity contribution is -0.253. The zero-order valence-corrected chi connectivity index (χ0v) is 11.7. The normalized spacial score (nSPS) is 20.7. The maximum absolute atomic E-state index is 13.4. The Bertz CT molecular complexity index is 761. The average Bonchev–Trinajstić information content (AvgIpc) is 2.72. The molecule has 0 saturated heterocycles. The lowest BCUT2D eigenvalue weighted by Crippen LogP contribution is -2.50.